The number of allylic oxidation sites excluding steroid dienone is 1. The van der Waals surface area contributed by atoms with Gasteiger partial charge >= 0.3 is 0 Å². The Labute approximate surface area is 150 Å². The van der Waals surface area contributed by atoms with Crippen molar-refractivity contribution in [1.29, 1.82) is 5.26 Å². The zero-order chi connectivity index (χ0) is 17.7. The molecule has 1 aromatic carbocycles. The Morgan fingerprint density at radius 3 is 2.92 bits per heavy atom. The van der Waals surface area contributed by atoms with Crippen LogP contribution in [0.1, 0.15) is 56.1 Å². The number of benzene rings is 1. The summed E-state index contributed by atoms with van der Waals surface area (Å²) in [5.41, 5.74) is 1.80. The zero-order valence-electron chi connectivity index (χ0n) is 15.2. The van der Waals surface area contributed by atoms with Gasteiger partial charge < -0.3 is 9.84 Å². The minimum atomic E-state index is -0.952. The van der Waals surface area contributed by atoms with Crippen molar-refractivity contribution in [2.24, 2.45) is 17.3 Å². The van der Waals surface area contributed by atoms with Crippen molar-refractivity contribution in [3.63, 3.8) is 0 Å². The second kappa shape index (κ2) is 5.88. The van der Waals surface area contributed by atoms with E-state index in [0.717, 1.165) is 37.9 Å². The molecule has 3 nitrogen and oxygen atoms in total. The van der Waals surface area contributed by atoms with Crippen LogP contribution in [0.3, 0.4) is 0 Å². The molecule has 5 atom stereocenters. The van der Waals surface area contributed by atoms with E-state index in [1.54, 1.807) is 7.11 Å². The number of ether oxygens (including phenoxy) is 1. The van der Waals surface area contributed by atoms with E-state index < -0.39 is 5.60 Å². The van der Waals surface area contributed by atoms with E-state index in [4.69, 9.17) is 4.74 Å². The SMILES string of the molecule is CCC12CC[C@@H]3c4ccc(OC)cc4CC[C@H]3[C@@H]1C=C[C@@]2(O)CC#N. The highest BCUT2D eigenvalue weighted by molar-refractivity contribution is 5.42. The van der Waals surface area contributed by atoms with Gasteiger partial charge in [-0.05, 0) is 73.1 Å². The Morgan fingerprint density at radius 1 is 1.36 bits per heavy atom. The maximum absolute atomic E-state index is 11.3. The molecule has 4 rings (SSSR count). The van der Waals surface area contributed by atoms with Crippen LogP contribution < -0.4 is 4.74 Å². The second-order valence-corrected chi connectivity index (χ2v) is 8.07. The minimum Gasteiger partial charge on any atom is -0.497 e. The van der Waals surface area contributed by atoms with Crippen LogP contribution in [0.4, 0.5) is 0 Å². The standard InChI is InChI=1S/C22H27NO2/c1-3-21-10-8-18-17-7-5-16(25-2)14-15(17)4-6-19(18)20(21)9-11-22(21,24)12-13-23/h5,7,9,11,14,18-20,24H,3-4,6,8,10,12H2,1-2H3/t18-,19-,20+,21?,22-/m1/s1. The van der Waals surface area contributed by atoms with E-state index in [9.17, 15) is 10.4 Å². The van der Waals surface area contributed by atoms with Gasteiger partial charge in [-0.15, -0.1) is 0 Å². The normalized spacial score (nSPS) is 38.4. The molecule has 0 amide bonds. The van der Waals surface area contributed by atoms with Crippen LogP contribution in [0.2, 0.25) is 0 Å². The van der Waals surface area contributed by atoms with Crippen molar-refractivity contribution in [3.05, 3.63) is 41.5 Å². The molecule has 1 unspecified atom stereocenters. The first kappa shape index (κ1) is 16.7. The lowest BCUT2D eigenvalue weighted by Crippen LogP contribution is -2.52. The lowest BCUT2D eigenvalue weighted by atomic mass is 9.51. The number of hydrogen-bond donors (Lipinski definition) is 1. The van der Waals surface area contributed by atoms with Gasteiger partial charge in [0.1, 0.15) is 11.4 Å². The number of nitrogens with zero attached hydrogens (tertiary/aromatic N) is 1. The Bertz CT molecular complexity index is 749. The average Bonchev–Trinajstić information content (AvgIpc) is 2.94. The van der Waals surface area contributed by atoms with Crippen LogP contribution in [-0.4, -0.2) is 17.8 Å². The average molecular weight is 337 g/mol. The second-order valence-electron chi connectivity index (χ2n) is 8.07. The largest absolute Gasteiger partial charge is 0.497 e. The summed E-state index contributed by atoms with van der Waals surface area (Å²) in [6.45, 7) is 2.18. The van der Waals surface area contributed by atoms with Gasteiger partial charge in [-0.3, -0.25) is 0 Å². The fourth-order valence-electron chi connectivity index (χ4n) is 6.17. The van der Waals surface area contributed by atoms with Gasteiger partial charge in [0, 0.05) is 5.41 Å². The molecule has 0 spiro atoms. The van der Waals surface area contributed by atoms with E-state index >= 15 is 0 Å². The topological polar surface area (TPSA) is 53.2 Å². The number of fused-ring (bicyclic) bond motifs is 5. The van der Waals surface area contributed by atoms with Crippen molar-refractivity contribution >= 4 is 0 Å². The number of rotatable bonds is 3. The number of aliphatic hydroxyl groups is 1. The van der Waals surface area contributed by atoms with Crippen molar-refractivity contribution in [2.75, 3.05) is 7.11 Å². The van der Waals surface area contributed by atoms with Crippen molar-refractivity contribution < 1.29 is 9.84 Å². The van der Waals surface area contributed by atoms with E-state index in [-0.39, 0.29) is 11.8 Å². The highest BCUT2D eigenvalue weighted by atomic mass is 16.5. The Morgan fingerprint density at radius 2 is 2.20 bits per heavy atom. The van der Waals surface area contributed by atoms with Gasteiger partial charge in [0.05, 0.1) is 19.6 Å². The van der Waals surface area contributed by atoms with E-state index in [2.05, 4.69) is 37.3 Å². The summed E-state index contributed by atoms with van der Waals surface area (Å²) >= 11 is 0. The van der Waals surface area contributed by atoms with E-state index in [0.29, 0.717) is 17.8 Å². The Balaban J connectivity index is 1.70. The smallest absolute Gasteiger partial charge is 0.119 e. The Hall–Kier alpha value is -1.79. The fraction of sp³-hybridized carbons (Fsp3) is 0.591. The molecule has 0 bridgehead atoms. The van der Waals surface area contributed by atoms with Crippen LogP contribution in [0, 0.1) is 28.6 Å². The molecule has 0 heterocycles. The molecule has 3 aliphatic rings. The molecular formula is C22H27NO2. The molecule has 1 aromatic rings. The molecule has 0 aliphatic heterocycles. The minimum absolute atomic E-state index is 0.159. The summed E-state index contributed by atoms with van der Waals surface area (Å²) in [6.07, 6.45) is 9.66. The predicted molar refractivity (Wildman–Crippen MR) is 97.3 cm³/mol. The zero-order valence-corrected chi connectivity index (χ0v) is 15.2. The van der Waals surface area contributed by atoms with Crippen molar-refractivity contribution in [3.8, 4) is 11.8 Å². The molecule has 25 heavy (non-hydrogen) atoms. The fourth-order valence-corrected chi connectivity index (χ4v) is 6.17. The van der Waals surface area contributed by atoms with Gasteiger partial charge in [0.2, 0.25) is 0 Å². The van der Waals surface area contributed by atoms with Crippen LogP contribution in [0.5, 0.6) is 5.75 Å². The molecule has 132 valence electrons. The summed E-state index contributed by atoms with van der Waals surface area (Å²) in [5.74, 6) is 2.46. The third-order valence-corrected chi connectivity index (χ3v) is 7.44. The molecule has 3 heteroatoms. The molecule has 0 aromatic heterocycles. The van der Waals surface area contributed by atoms with Gasteiger partial charge in [0.25, 0.3) is 0 Å². The first-order valence-corrected chi connectivity index (χ1v) is 9.54. The highest BCUT2D eigenvalue weighted by Crippen LogP contribution is 2.63. The van der Waals surface area contributed by atoms with E-state index in [1.165, 1.54) is 11.1 Å². The summed E-state index contributed by atoms with van der Waals surface area (Å²) in [4.78, 5) is 0. The number of nitriles is 1. The monoisotopic (exact) mass is 337 g/mol. The van der Waals surface area contributed by atoms with Gasteiger partial charge in [-0.2, -0.15) is 5.26 Å². The van der Waals surface area contributed by atoms with Gasteiger partial charge in [-0.1, -0.05) is 25.1 Å². The van der Waals surface area contributed by atoms with Gasteiger partial charge in [0.15, 0.2) is 0 Å². The van der Waals surface area contributed by atoms with Crippen molar-refractivity contribution in [2.45, 2.75) is 57.0 Å². The van der Waals surface area contributed by atoms with Crippen LogP contribution >= 0.6 is 0 Å². The molecule has 1 saturated carbocycles. The van der Waals surface area contributed by atoms with Crippen LogP contribution in [-0.2, 0) is 6.42 Å². The molecule has 1 N–H and O–H groups in total. The highest BCUT2D eigenvalue weighted by Gasteiger charge is 2.60. The lowest BCUT2D eigenvalue weighted by Gasteiger charge is -2.54. The molecule has 3 aliphatic carbocycles. The molecule has 1 fully saturated rings. The third-order valence-electron chi connectivity index (χ3n) is 7.44. The lowest BCUT2D eigenvalue weighted by molar-refractivity contribution is -0.0971. The van der Waals surface area contributed by atoms with Crippen molar-refractivity contribution in [1.82, 2.24) is 0 Å². The molecule has 0 saturated heterocycles. The number of hydrogen-bond acceptors (Lipinski definition) is 3. The van der Waals surface area contributed by atoms with Gasteiger partial charge in [-0.25, -0.2) is 0 Å². The number of aryl methyl sites for hydroxylation is 1. The first-order valence-electron chi connectivity index (χ1n) is 9.54. The first-order chi connectivity index (χ1) is 12.1. The number of methoxy groups -OCH3 is 1. The Kier molecular flexibility index (Phi) is 3.92. The van der Waals surface area contributed by atoms with Crippen LogP contribution in [0.25, 0.3) is 0 Å². The summed E-state index contributed by atoms with van der Waals surface area (Å²) in [5, 5.41) is 20.5. The molecule has 0 radical (unpaired) electrons. The quantitative estimate of drug-likeness (QED) is 0.834. The van der Waals surface area contributed by atoms with Crippen LogP contribution in [0.15, 0.2) is 30.4 Å². The predicted octanol–water partition coefficient (Wildman–Crippen LogP) is 4.36. The molecular weight excluding hydrogens is 310 g/mol. The third kappa shape index (κ3) is 2.20. The summed E-state index contributed by atoms with van der Waals surface area (Å²) in [6, 6.07) is 8.76. The summed E-state index contributed by atoms with van der Waals surface area (Å²) < 4.78 is 5.40. The summed E-state index contributed by atoms with van der Waals surface area (Å²) in [7, 11) is 1.73. The maximum atomic E-state index is 11.3. The maximum Gasteiger partial charge on any atom is 0.119 e. The van der Waals surface area contributed by atoms with E-state index in [1.807, 2.05) is 6.08 Å².